The first-order valence-electron chi connectivity index (χ1n) is 9.15. The fourth-order valence-electron chi connectivity index (χ4n) is 3.46. The molecule has 6 heteroatoms. The SMILES string of the molecule is Cl.Cl.c1ccc(COc2cccc([C@@H](c3cccs3)N3CCNCC3)c2)cc1. The Morgan fingerprint density at radius 3 is 2.43 bits per heavy atom. The fourth-order valence-corrected chi connectivity index (χ4v) is 4.34. The van der Waals surface area contributed by atoms with Gasteiger partial charge in [0.2, 0.25) is 0 Å². The van der Waals surface area contributed by atoms with Crippen molar-refractivity contribution in [3.63, 3.8) is 0 Å². The van der Waals surface area contributed by atoms with Crippen LogP contribution in [0.4, 0.5) is 0 Å². The van der Waals surface area contributed by atoms with E-state index in [0.29, 0.717) is 12.6 Å². The van der Waals surface area contributed by atoms with Crippen LogP contribution in [0.3, 0.4) is 0 Å². The number of thiophene rings is 1. The zero-order valence-electron chi connectivity index (χ0n) is 15.6. The van der Waals surface area contributed by atoms with Crippen LogP contribution in [0, 0.1) is 0 Å². The Balaban J connectivity index is 0.00000140. The van der Waals surface area contributed by atoms with Crippen LogP contribution in [0.25, 0.3) is 0 Å². The van der Waals surface area contributed by atoms with E-state index in [-0.39, 0.29) is 24.8 Å². The van der Waals surface area contributed by atoms with E-state index in [1.807, 2.05) is 29.5 Å². The summed E-state index contributed by atoms with van der Waals surface area (Å²) in [5.74, 6) is 0.933. The maximum Gasteiger partial charge on any atom is 0.120 e. The molecule has 3 aromatic rings. The third kappa shape index (κ3) is 5.72. The van der Waals surface area contributed by atoms with Crippen molar-refractivity contribution in [3.05, 3.63) is 88.1 Å². The number of rotatable bonds is 6. The van der Waals surface area contributed by atoms with Crippen molar-refractivity contribution in [2.45, 2.75) is 12.6 Å². The second kappa shape index (κ2) is 11.4. The average Bonchev–Trinajstić information content (AvgIpc) is 3.23. The van der Waals surface area contributed by atoms with Crippen molar-refractivity contribution in [3.8, 4) is 5.75 Å². The van der Waals surface area contributed by atoms with E-state index >= 15 is 0 Å². The molecule has 1 aliphatic heterocycles. The normalized spacial score (nSPS) is 15.1. The number of nitrogens with one attached hydrogen (secondary N) is 1. The molecule has 1 N–H and O–H groups in total. The number of nitrogens with zero attached hydrogens (tertiary/aromatic N) is 1. The molecule has 150 valence electrons. The summed E-state index contributed by atoms with van der Waals surface area (Å²) in [6, 6.07) is 23.6. The minimum atomic E-state index is 0. The van der Waals surface area contributed by atoms with Gasteiger partial charge in [0.05, 0.1) is 6.04 Å². The zero-order chi connectivity index (χ0) is 17.6. The largest absolute Gasteiger partial charge is 0.489 e. The van der Waals surface area contributed by atoms with Crippen molar-refractivity contribution < 1.29 is 4.74 Å². The molecule has 0 radical (unpaired) electrons. The van der Waals surface area contributed by atoms with Crippen LogP contribution in [0.2, 0.25) is 0 Å². The van der Waals surface area contributed by atoms with E-state index in [0.717, 1.165) is 31.9 Å². The Morgan fingerprint density at radius 1 is 0.929 bits per heavy atom. The van der Waals surface area contributed by atoms with E-state index in [4.69, 9.17) is 4.74 Å². The number of halogens is 2. The van der Waals surface area contributed by atoms with Gasteiger partial charge in [-0.3, -0.25) is 4.90 Å². The van der Waals surface area contributed by atoms with Crippen LogP contribution in [0.15, 0.2) is 72.1 Å². The monoisotopic (exact) mass is 436 g/mol. The molecule has 0 amide bonds. The summed E-state index contributed by atoms with van der Waals surface area (Å²) < 4.78 is 6.06. The summed E-state index contributed by atoms with van der Waals surface area (Å²) >= 11 is 1.83. The van der Waals surface area contributed by atoms with Gasteiger partial charge in [-0.15, -0.1) is 36.2 Å². The molecule has 1 aromatic heterocycles. The number of hydrogen-bond acceptors (Lipinski definition) is 4. The highest BCUT2D eigenvalue weighted by Gasteiger charge is 2.24. The van der Waals surface area contributed by atoms with E-state index in [1.54, 1.807) is 0 Å². The lowest BCUT2D eigenvalue weighted by Crippen LogP contribution is -2.45. The van der Waals surface area contributed by atoms with Gasteiger partial charge in [0.25, 0.3) is 0 Å². The fraction of sp³-hybridized carbons (Fsp3) is 0.273. The molecule has 0 unspecified atom stereocenters. The molecule has 2 aromatic carbocycles. The van der Waals surface area contributed by atoms with Gasteiger partial charge < -0.3 is 10.1 Å². The van der Waals surface area contributed by atoms with E-state index in [2.05, 4.69) is 64.1 Å². The molecule has 1 fully saturated rings. The van der Waals surface area contributed by atoms with E-state index in [1.165, 1.54) is 16.0 Å². The quantitative estimate of drug-likeness (QED) is 0.576. The molecule has 0 spiro atoms. The van der Waals surface area contributed by atoms with Gasteiger partial charge in [-0.1, -0.05) is 48.5 Å². The lowest BCUT2D eigenvalue weighted by molar-refractivity contribution is 0.200. The van der Waals surface area contributed by atoms with Crippen molar-refractivity contribution in [1.82, 2.24) is 10.2 Å². The predicted molar refractivity (Wildman–Crippen MR) is 122 cm³/mol. The number of ether oxygens (including phenoxy) is 1. The van der Waals surface area contributed by atoms with Gasteiger partial charge in [-0.25, -0.2) is 0 Å². The molecule has 1 saturated heterocycles. The minimum absolute atomic E-state index is 0. The first-order chi connectivity index (χ1) is 12.9. The lowest BCUT2D eigenvalue weighted by Gasteiger charge is -2.34. The molecule has 2 heterocycles. The average molecular weight is 437 g/mol. The topological polar surface area (TPSA) is 24.5 Å². The number of hydrogen-bond donors (Lipinski definition) is 1. The van der Waals surface area contributed by atoms with Crippen LogP contribution >= 0.6 is 36.2 Å². The molecular weight excluding hydrogens is 411 g/mol. The van der Waals surface area contributed by atoms with E-state index in [9.17, 15) is 0 Å². The molecule has 0 bridgehead atoms. The number of piperazine rings is 1. The van der Waals surface area contributed by atoms with Crippen LogP contribution in [-0.2, 0) is 6.61 Å². The first kappa shape index (κ1) is 22.7. The van der Waals surface area contributed by atoms with Crippen LogP contribution in [0.5, 0.6) is 5.75 Å². The van der Waals surface area contributed by atoms with Gasteiger partial charge in [0.15, 0.2) is 0 Å². The predicted octanol–water partition coefficient (Wildman–Crippen LogP) is 5.17. The minimum Gasteiger partial charge on any atom is -0.489 e. The van der Waals surface area contributed by atoms with Crippen LogP contribution in [-0.4, -0.2) is 31.1 Å². The molecular formula is C22H26Cl2N2OS. The Morgan fingerprint density at radius 2 is 1.71 bits per heavy atom. The standard InChI is InChI=1S/C22H24N2OS.2ClH/c1-2-6-18(7-3-1)17-25-20-9-4-8-19(16-20)22(21-10-5-15-26-21)24-13-11-23-12-14-24;;/h1-10,15-16,22-23H,11-14,17H2;2*1H/t22-;;/m0../s1. The summed E-state index contributed by atoms with van der Waals surface area (Å²) in [4.78, 5) is 3.96. The molecule has 0 aliphatic carbocycles. The van der Waals surface area contributed by atoms with Gasteiger partial charge >= 0.3 is 0 Å². The second-order valence-corrected chi connectivity index (χ2v) is 7.53. The molecule has 1 aliphatic rings. The molecule has 28 heavy (non-hydrogen) atoms. The van der Waals surface area contributed by atoms with Crippen LogP contribution < -0.4 is 10.1 Å². The highest BCUT2D eigenvalue weighted by Crippen LogP contribution is 2.33. The van der Waals surface area contributed by atoms with Crippen molar-refractivity contribution in [2.75, 3.05) is 26.2 Å². The van der Waals surface area contributed by atoms with Gasteiger partial charge in [0.1, 0.15) is 12.4 Å². The van der Waals surface area contributed by atoms with E-state index < -0.39 is 0 Å². The first-order valence-corrected chi connectivity index (χ1v) is 10.0. The molecule has 3 nitrogen and oxygen atoms in total. The smallest absolute Gasteiger partial charge is 0.120 e. The summed E-state index contributed by atoms with van der Waals surface area (Å²) in [5.41, 5.74) is 2.50. The summed E-state index contributed by atoms with van der Waals surface area (Å²) in [6.07, 6.45) is 0. The Hall–Kier alpha value is -1.56. The molecule has 4 rings (SSSR count). The van der Waals surface area contributed by atoms with Crippen molar-refractivity contribution >= 4 is 36.2 Å². The number of benzene rings is 2. The Bertz CT molecular complexity index is 808. The maximum atomic E-state index is 6.06. The maximum absolute atomic E-state index is 6.06. The Kier molecular flexibility index (Phi) is 9.29. The third-order valence-electron chi connectivity index (χ3n) is 4.75. The van der Waals surface area contributed by atoms with Gasteiger partial charge in [-0.2, -0.15) is 0 Å². The summed E-state index contributed by atoms with van der Waals surface area (Å²) in [5, 5.41) is 5.62. The van der Waals surface area contributed by atoms with Gasteiger partial charge in [-0.05, 0) is 34.7 Å². The second-order valence-electron chi connectivity index (χ2n) is 6.55. The zero-order valence-corrected chi connectivity index (χ0v) is 18.1. The molecule has 0 saturated carbocycles. The van der Waals surface area contributed by atoms with Gasteiger partial charge in [0, 0.05) is 31.1 Å². The summed E-state index contributed by atoms with van der Waals surface area (Å²) in [6.45, 7) is 4.83. The van der Waals surface area contributed by atoms with Crippen molar-refractivity contribution in [2.24, 2.45) is 0 Å². The molecule has 1 atom stereocenters. The highest BCUT2D eigenvalue weighted by molar-refractivity contribution is 7.10. The third-order valence-corrected chi connectivity index (χ3v) is 5.68. The Labute approximate surface area is 183 Å². The van der Waals surface area contributed by atoms with Crippen molar-refractivity contribution in [1.29, 1.82) is 0 Å². The van der Waals surface area contributed by atoms with Crippen LogP contribution in [0.1, 0.15) is 22.0 Å². The lowest BCUT2D eigenvalue weighted by atomic mass is 10.0. The summed E-state index contributed by atoms with van der Waals surface area (Å²) in [7, 11) is 0. The highest BCUT2D eigenvalue weighted by atomic mass is 35.5.